The molecule has 5 heteroatoms. The van der Waals surface area contributed by atoms with E-state index in [1.165, 1.54) is 5.56 Å². The smallest absolute Gasteiger partial charge is 0.311 e. The molecule has 0 saturated carbocycles. The Morgan fingerprint density at radius 1 is 1.12 bits per heavy atom. The summed E-state index contributed by atoms with van der Waals surface area (Å²) in [5.41, 5.74) is 1.71. The van der Waals surface area contributed by atoms with Crippen LogP contribution in [-0.4, -0.2) is 15.9 Å². The van der Waals surface area contributed by atoms with Gasteiger partial charge < -0.3 is 9.72 Å². The van der Waals surface area contributed by atoms with Gasteiger partial charge in [-0.2, -0.15) is 0 Å². The van der Waals surface area contributed by atoms with E-state index in [2.05, 4.69) is 16.9 Å². The van der Waals surface area contributed by atoms with Crippen molar-refractivity contribution in [2.75, 3.05) is 0 Å². The lowest BCUT2D eigenvalue weighted by Crippen LogP contribution is -2.13. The van der Waals surface area contributed by atoms with Crippen LogP contribution in [0, 0.1) is 0 Å². The normalized spacial score (nSPS) is 10.8. The van der Waals surface area contributed by atoms with E-state index in [9.17, 15) is 9.59 Å². The van der Waals surface area contributed by atoms with Crippen molar-refractivity contribution < 1.29 is 9.53 Å². The van der Waals surface area contributed by atoms with Crippen LogP contribution in [0.1, 0.15) is 31.2 Å². The maximum Gasteiger partial charge on any atom is 0.311 e. The van der Waals surface area contributed by atoms with Crippen LogP contribution in [-0.2, 0) is 17.6 Å². The van der Waals surface area contributed by atoms with Gasteiger partial charge in [-0.05, 0) is 42.7 Å². The molecule has 0 bridgehead atoms. The number of hydrogen-bond acceptors (Lipinski definition) is 4. The van der Waals surface area contributed by atoms with Crippen molar-refractivity contribution in [1.82, 2.24) is 9.97 Å². The van der Waals surface area contributed by atoms with Crippen LogP contribution >= 0.6 is 0 Å². The predicted octanol–water partition coefficient (Wildman–Crippen LogP) is 3.41. The van der Waals surface area contributed by atoms with Gasteiger partial charge in [-0.25, -0.2) is 4.98 Å². The number of H-pyrrole nitrogens is 1. The van der Waals surface area contributed by atoms with Crippen LogP contribution < -0.4 is 10.3 Å². The molecule has 0 aliphatic rings. The van der Waals surface area contributed by atoms with Crippen LogP contribution in [0.25, 0.3) is 10.9 Å². The van der Waals surface area contributed by atoms with E-state index in [1.54, 1.807) is 18.2 Å². The first-order valence-electron chi connectivity index (χ1n) is 8.43. The summed E-state index contributed by atoms with van der Waals surface area (Å²) in [6.45, 7) is 2.08. The monoisotopic (exact) mass is 336 g/mol. The summed E-state index contributed by atoms with van der Waals surface area (Å²) < 4.78 is 5.31. The highest BCUT2D eigenvalue weighted by atomic mass is 16.5. The lowest BCUT2D eigenvalue weighted by atomic mass is 10.2. The van der Waals surface area contributed by atoms with Crippen LogP contribution in [0.5, 0.6) is 5.75 Å². The van der Waals surface area contributed by atoms with Crippen molar-refractivity contribution >= 4 is 16.9 Å². The third kappa shape index (κ3) is 4.32. The van der Waals surface area contributed by atoms with Gasteiger partial charge in [-0.1, -0.05) is 31.2 Å². The van der Waals surface area contributed by atoms with Crippen LogP contribution in [0.3, 0.4) is 0 Å². The fraction of sp³-hybridized carbons (Fsp3) is 0.250. The number of ether oxygens (including phenoxy) is 1. The Balaban J connectivity index is 1.55. The van der Waals surface area contributed by atoms with E-state index >= 15 is 0 Å². The van der Waals surface area contributed by atoms with Gasteiger partial charge in [0.05, 0.1) is 10.9 Å². The lowest BCUT2D eigenvalue weighted by molar-refractivity contribution is -0.134. The number of aromatic nitrogens is 2. The molecular formula is C20H20N2O3. The average Bonchev–Trinajstić information content (AvgIpc) is 2.62. The first-order valence-corrected chi connectivity index (χ1v) is 8.43. The van der Waals surface area contributed by atoms with Gasteiger partial charge in [0.25, 0.3) is 5.56 Å². The van der Waals surface area contributed by atoms with Crippen LogP contribution in [0.2, 0.25) is 0 Å². The summed E-state index contributed by atoms with van der Waals surface area (Å²) in [4.78, 5) is 31.1. The number of nitrogens with one attached hydrogen (secondary N) is 1. The van der Waals surface area contributed by atoms with Crippen molar-refractivity contribution in [3.8, 4) is 5.75 Å². The maximum absolute atomic E-state index is 12.0. The number of aryl methyl sites for hydroxylation is 2. The highest BCUT2D eigenvalue weighted by Crippen LogP contribution is 2.14. The molecule has 0 aliphatic heterocycles. The van der Waals surface area contributed by atoms with Gasteiger partial charge in [0.1, 0.15) is 11.6 Å². The Hall–Kier alpha value is -2.95. The summed E-state index contributed by atoms with van der Waals surface area (Å²) in [6.07, 6.45) is 2.30. The Morgan fingerprint density at radius 3 is 2.64 bits per heavy atom. The quantitative estimate of drug-likeness (QED) is 0.553. The number of benzene rings is 2. The van der Waals surface area contributed by atoms with Crippen molar-refractivity contribution in [1.29, 1.82) is 0 Å². The molecule has 0 amide bonds. The number of esters is 1. The van der Waals surface area contributed by atoms with Crippen molar-refractivity contribution in [2.24, 2.45) is 0 Å². The molecule has 0 saturated heterocycles. The van der Waals surface area contributed by atoms with Crippen LogP contribution in [0.15, 0.2) is 53.3 Å². The van der Waals surface area contributed by atoms with Gasteiger partial charge in [0.2, 0.25) is 0 Å². The minimum atomic E-state index is -0.285. The molecule has 128 valence electrons. The summed E-state index contributed by atoms with van der Waals surface area (Å²) in [5.74, 6) is 0.857. The summed E-state index contributed by atoms with van der Waals surface area (Å²) in [6, 6.07) is 14.7. The van der Waals surface area contributed by atoms with Crippen molar-refractivity contribution in [3.05, 3.63) is 70.3 Å². The second-order valence-corrected chi connectivity index (χ2v) is 5.85. The number of fused-ring (bicyclic) bond motifs is 1. The molecule has 5 nitrogen and oxygen atoms in total. The van der Waals surface area contributed by atoms with E-state index in [1.807, 2.05) is 30.3 Å². The van der Waals surface area contributed by atoms with Crippen molar-refractivity contribution in [2.45, 2.75) is 32.6 Å². The first kappa shape index (κ1) is 16.9. The Morgan fingerprint density at radius 2 is 1.88 bits per heavy atom. The molecule has 0 unspecified atom stereocenters. The molecule has 0 spiro atoms. The number of rotatable bonds is 6. The van der Waals surface area contributed by atoms with Gasteiger partial charge in [-0.15, -0.1) is 0 Å². The van der Waals surface area contributed by atoms with Crippen LogP contribution in [0.4, 0.5) is 0 Å². The summed E-state index contributed by atoms with van der Waals surface area (Å²) in [7, 11) is 0. The zero-order chi connectivity index (χ0) is 17.6. The summed E-state index contributed by atoms with van der Waals surface area (Å²) >= 11 is 0. The highest BCUT2D eigenvalue weighted by molar-refractivity contribution is 5.77. The third-order valence-electron chi connectivity index (χ3n) is 4.02. The molecule has 3 rings (SSSR count). The molecule has 25 heavy (non-hydrogen) atoms. The SMILES string of the molecule is CCc1ccc(OC(=O)CCCc2nc3ccccc3c(=O)[nH]2)cc1. The number of carbonyl (C=O) groups is 1. The molecule has 1 aromatic heterocycles. The molecule has 0 fully saturated rings. The Bertz CT molecular complexity index is 930. The second-order valence-electron chi connectivity index (χ2n) is 5.85. The topological polar surface area (TPSA) is 72.0 Å². The van der Waals surface area contributed by atoms with E-state index in [0.717, 1.165) is 6.42 Å². The zero-order valence-corrected chi connectivity index (χ0v) is 14.1. The van der Waals surface area contributed by atoms with Gasteiger partial charge in [0, 0.05) is 12.8 Å². The molecular weight excluding hydrogens is 316 g/mol. The number of nitrogens with zero attached hydrogens (tertiary/aromatic N) is 1. The molecule has 2 aromatic carbocycles. The maximum atomic E-state index is 12.0. The number of hydrogen-bond donors (Lipinski definition) is 1. The Kier molecular flexibility index (Phi) is 5.23. The van der Waals surface area contributed by atoms with Gasteiger partial charge in [0.15, 0.2) is 0 Å². The molecule has 1 heterocycles. The minimum absolute atomic E-state index is 0.154. The molecule has 0 aliphatic carbocycles. The third-order valence-corrected chi connectivity index (χ3v) is 4.02. The lowest BCUT2D eigenvalue weighted by Gasteiger charge is -2.05. The molecule has 1 N–H and O–H groups in total. The predicted molar refractivity (Wildman–Crippen MR) is 96.8 cm³/mol. The average molecular weight is 336 g/mol. The van der Waals surface area contributed by atoms with E-state index in [4.69, 9.17) is 4.74 Å². The molecule has 0 atom stereocenters. The van der Waals surface area contributed by atoms with Gasteiger partial charge in [-0.3, -0.25) is 9.59 Å². The Labute approximate surface area is 145 Å². The standard InChI is InChI=1S/C20H20N2O3/c1-2-14-10-12-15(13-11-14)25-19(23)9-5-8-18-21-17-7-4-3-6-16(17)20(24)22-18/h3-4,6-7,10-13H,2,5,8-9H2,1H3,(H,21,22,24). The van der Waals surface area contributed by atoms with Crippen molar-refractivity contribution in [3.63, 3.8) is 0 Å². The molecule has 0 radical (unpaired) electrons. The largest absolute Gasteiger partial charge is 0.427 e. The minimum Gasteiger partial charge on any atom is -0.427 e. The first-order chi connectivity index (χ1) is 12.2. The van der Waals surface area contributed by atoms with E-state index in [0.29, 0.717) is 35.3 Å². The number of para-hydroxylation sites is 1. The number of aromatic amines is 1. The van der Waals surface area contributed by atoms with E-state index in [-0.39, 0.29) is 17.9 Å². The highest BCUT2D eigenvalue weighted by Gasteiger charge is 2.07. The van der Waals surface area contributed by atoms with E-state index < -0.39 is 0 Å². The molecule has 3 aromatic rings. The zero-order valence-electron chi connectivity index (χ0n) is 14.1. The fourth-order valence-corrected chi connectivity index (χ4v) is 2.63. The van der Waals surface area contributed by atoms with Gasteiger partial charge >= 0.3 is 5.97 Å². The second kappa shape index (κ2) is 7.75. The number of carbonyl (C=O) groups excluding carboxylic acids is 1. The fourth-order valence-electron chi connectivity index (χ4n) is 2.63. The summed E-state index contributed by atoms with van der Waals surface area (Å²) in [5, 5.41) is 0.571.